The summed E-state index contributed by atoms with van der Waals surface area (Å²) in [6.07, 6.45) is 1.88. The van der Waals surface area contributed by atoms with Gasteiger partial charge in [-0.15, -0.1) is 11.8 Å². The third-order valence-corrected chi connectivity index (χ3v) is 6.13. The van der Waals surface area contributed by atoms with Crippen LogP contribution in [0.25, 0.3) is 22.6 Å². The minimum absolute atomic E-state index is 0.544. The Bertz CT molecular complexity index is 1270. The topological polar surface area (TPSA) is 36.7 Å². The van der Waals surface area contributed by atoms with Crippen molar-refractivity contribution in [3.05, 3.63) is 106 Å². The Morgan fingerprint density at radius 2 is 1.73 bits per heavy atom. The van der Waals surface area contributed by atoms with Gasteiger partial charge in [0.2, 0.25) is 0 Å². The van der Waals surface area contributed by atoms with Crippen LogP contribution in [0.15, 0.2) is 83.9 Å². The van der Waals surface area contributed by atoms with Crippen LogP contribution in [0, 0.1) is 11.3 Å². The van der Waals surface area contributed by atoms with Crippen molar-refractivity contribution in [3.63, 3.8) is 0 Å². The minimum atomic E-state index is 0.544. The van der Waals surface area contributed by atoms with E-state index < -0.39 is 0 Å². The third kappa shape index (κ3) is 4.86. The standard InChI is InChI=1S/C25H16Cl2N2S/c26-22-10-8-17(9-11-22)16-30-25-20(12-19-4-1-2-7-24(19)29-25)13-21(15-28)18-5-3-6-23(27)14-18/h1-14H,16H2. The molecule has 5 heteroatoms. The first-order valence-electron chi connectivity index (χ1n) is 9.27. The highest BCUT2D eigenvalue weighted by Gasteiger charge is 2.10. The predicted octanol–water partition coefficient (Wildman–Crippen LogP) is 7.90. The van der Waals surface area contributed by atoms with Gasteiger partial charge in [0.25, 0.3) is 0 Å². The van der Waals surface area contributed by atoms with E-state index in [0.717, 1.165) is 43.4 Å². The molecule has 1 heterocycles. The average Bonchev–Trinajstić information content (AvgIpc) is 2.77. The van der Waals surface area contributed by atoms with E-state index in [1.54, 1.807) is 23.9 Å². The van der Waals surface area contributed by atoms with Gasteiger partial charge < -0.3 is 0 Å². The van der Waals surface area contributed by atoms with Gasteiger partial charge >= 0.3 is 0 Å². The SMILES string of the molecule is N#CC(=Cc1cc2ccccc2nc1SCc1ccc(Cl)cc1)c1cccc(Cl)c1. The summed E-state index contributed by atoms with van der Waals surface area (Å²) in [4.78, 5) is 4.86. The van der Waals surface area contributed by atoms with Crippen LogP contribution in [0.3, 0.4) is 0 Å². The molecule has 4 aromatic rings. The van der Waals surface area contributed by atoms with Crippen LogP contribution in [-0.2, 0) is 5.75 Å². The summed E-state index contributed by atoms with van der Waals surface area (Å²) in [5.74, 6) is 0.752. The molecule has 0 atom stereocenters. The molecule has 1 aromatic heterocycles. The second-order valence-electron chi connectivity index (χ2n) is 6.67. The van der Waals surface area contributed by atoms with Gasteiger partial charge in [0.15, 0.2) is 0 Å². The number of halogens is 2. The molecule has 0 unspecified atom stereocenters. The summed E-state index contributed by atoms with van der Waals surface area (Å²) in [5.41, 5.74) is 4.32. The molecule has 0 saturated heterocycles. The summed E-state index contributed by atoms with van der Waals surface area (Å²) in [6, 6.07) is 27.5. The van der Waals surface area contributed by atoms with Crippen molar-refractivity contribution in [1.82, 2.24) is 4.98 Å². The first-order chi connectivity index (χ1) is 14.6. The lowest BCUT2D eigenvalue weighted by Crippen LogP contribution is -1.91. The van der Waals surface area contributed by atoms with Gasteiger partial charge in [-0.3, -0.25) is 0 Å². The van der Waals surface area contributed by atoms with E-state index in [2.05, 4.69) is 12.1 Å². The number of aromatic nitrogens is 1. The van der Waals surface area contributed by atoms with Crippen molar-refractivity contribution < 1.29 is 0 Å². The summed E-state index contributed by atoms with van der Waals surface area (Å²) < 4.78 is 0. The van der Waals surface area contributed by atoms with Crippen LogP contribution in [0.1, 0.15) is 16.7 Å². The molecule has 0 aliphatic carbocycles. The minimum Gasteiger partial charge on any atom is -0.241 e. The number of fused-ring (bicyclic) bond motifs is 1. The van der Waals surface area contributed by atoms with E-state index >= 15 is 0 Å². The Hall–Kier alpha value is -2.77. The number of nitrogens with zero attached hydrogens (tertiary/aromatic N) is 2. The van der Waals surface area contributed by atoms with Crippen LogP contribution < -0.4 is 0 Å². The van der Waals surface area contributed by atoms with Crippen molar-refractivity contribution in [2.24, 2.45) is 0 Å². The lowest BCUT2D eigenvalue weighted by atomic mass is 10.0. The number of allylic oxidation sites excluding steroid dienone is 1. The second-order valence-corrected chi connectivity index (χ2v) is 8.51. The van der Waals surface area contributed by atoms with E-state index in [4.69, 9.17) is 28.2 Å². The van der Waals surface area contributed by atoms with Gasteiger partial charge in [0, 0.05) is 26.7 Å². The molecular weight excluding hydrogens is 431 g/mol. The number of para-hydroxylation sites is 1. The predicted molar refractivity (Wildman–Crippen MR) is 128 cm³/mol. The van der Waals surface area contributed by atoms with Gasteiger partial charge in [0.05, 0.1) is 17.2 Å². The number of pyridine rings is 1. The lowest BCUT2D eigenvalue weighted by molar-refractivity contribution is 1.17. The largest absolute Gasteiger partial charge is 0.241 e. The van der Waals surface area contributed by atoms with Gasteiger partial charge in [-0.25, -0.2) is 4.98 Å². The van der Waals surface area contributed by atoms with Gasteiger partial charge in [-0.1, -0.05) is 65.7 Å². The van der Waals surface area contributed by atoms with Crippen molar-refractivity contribution >= 4 is 57.5 Å². The molecule has 2 nitrogen and oxygen atoms in total. The number of hydrogen-bond acceptors (Lipinski definition) is 3. The van der Waals surface area contributed by atoms with Gasteiger partial charge in [-0.2, -0.15) is 5.26 Å². The molecule has 0 saturated carbocycles. The molecule has 0 amide bonds. The summed E-state index contributed by atoms with van der Waals surface area (Å²) in [7, 11) is 0. The van der Waals surface area contributed by atoms with E-state index in [0.29, 0.717) is 10.6 Å². The molecule has 0 aliphatic rings. The maximum absolute atomic E-state index is 9.77. The molecule has 0 N–H and O–H groups in total. The van der Waals surface area contributed by atoms with Crippen molar-refractivity contribution in [2.75, 3.05) is 0 Å². The Kier molecular flexibility index (Phi) is 6.40. The molecule has 0 radical (unpaired) electrons. The first kappa shape index (κ1) is 20.5. The quantitative estimate of drug-likeness (QED) is 0.231. The third-order valence-electron chi connectivity index (χ3n) is 4.56. The van der Waals surface area contributed by atoms with Crippen molar-refractivity contribution in [1.29, 1.82) is 5.26 Å². The maximum Gasteiger partial charge on any atom is 0.104 e. The molecule has 30 heavy (non-hydrogen) atoms. The zero-order valence-corrected chi connectivity index (χ0v) is 18.2. The normalized spacial score (nSPS) is 11.4. The Morgan fingerprint density at radius 3 is 2.50 bits per heavy atom. The van der Waals surface area contributed by atoms with Crippen LogP contribution >= 0.6 is 35.0 Å². The van der Waals surface area contributed by atoms with E-state index in [1.165, 1.54) is 0 Å². The van der Waals surface area contributed by atoms with Gasteiger partial charge in [-0.05, 0) is 53.6 Å². The zero-order valence-electron chi connectivity index (χ0n) is 15.8. The van der Waals surface area contributed by atoms with E-state index in [-0.39, 0.29) is 0 Å². The highest BCUT2D eigenvalue weighted by molar-refractivity contribution is 7.98. The van der Waals surface area contributed by atoms with Crippen LogP contribution in [-0.4, -0.2) is 4.98 Å². The van der Waals surface area contributed by atoms with Crippen LogP contribution in [0.2, 0.25) is 10.0 Å². The molecule has 4 rings (SSSR count). The van der Waals surface area contributed by atoms with Crippen LogP contribution in [0.4, 0.5) is 0 Å². The lowest BCUT2D eigenvalue weighted by Gasteiger charge is -2.09. The Balaban J connectivity index is 1.75. The number of hydrogen-bond donors (Lipinski definition) is 0. The first-order valence-corrected chi connectivity index (χ1v) is 11.0. The number of benzene rings is 3. The number of thioether (sulfide) groups is 1. The van der Waals surface area contributed by atoms with E-state index in [9.17, 15) is 5.26 Å². The highest BCUT2D eigenvalue weighted by atomic mass is 35.5. The molecule has 3 aromatic carbocycles. The number of rotatable bonds is 5. The maximum atomic E-state index is 9.77. The summed E-state index contributed by atoms with van der Waals surface area (Å²) in [5, 5.41) is 13.0. The Morgan fingerprint density at radius 1 is 0.933 bits per heavy atom. The summed E-state index contributed by atoms with van der Waals surface area (Å²) in [6.45, 7) is 0. The van der Waals surface area contributed by atoms with Gasteiger partial charge in [0.1, 0.15) is 5.03 Å². The molecule has 0 aliphatic heterocycles. The van der Waals surface area contributed by atoms with Crippen molar-refractivity contribution in [3.8, 4) is 6.07 Å². The molecule has 0 bridgehead atoms. The fourth-order valence-corrected chi connectivity index (χ4v) is 4.32. The molecule has 146 valence electrons. The Labute approximate surface area is 189 Å². The highest BCUT2D eigenvalue weighted by Crippen LogP contribution is 2.31. The monoisotopic (exact) mass is 446 g/mol. The fourth-order valence-electron chi connectivity index (χ4n) is 3.06. The smallest absolute Gasteiger partial charge is 0.104 e. The van der Waals surface area contributed by atoms with E-state index in [1.807, 2.05) is 66.7 Å². The van der Waals surface area contributed by atoms with Crippen LogP contribution in [0.5, 0.6) is 0 Å². The average molecular weight is 447 g/mol. The molecule has 0 fully saturated rings. The second kappa shape index (κ2) is 9.36. The van der Waals surface area contributed by atoms with Crippen molar-refractivity contribution in [2.45, 2.75) is 10.8 Å². The number of nitriles is 1. The zero-order chi connectivity index (χ0) is 20.9. The fraction of sp³-hybridized carbons (Fsp3) is 0.0400. The molecular formula is C25H16Cl2N2S. The summed E-state index contributed by atoms with van der Waals surface area (Å²) >= 11 is 13.8. The molecule has 0 spiro atoms.